The Bertz CT molecular complexity index is 1020. The maximum absolute atomic E-state index is 14.2. The van der Waals surface area contributed by atoms with Crippen molar-refractivity contribution in [1.82, 2.24) is 15.1 Å². The zero-order valence-corrected chi connectivity index (χ0v) is 15.7. The van der Waals surface area contributed by atoms with Crippen LogP contribution in [0.3, 0.4) is 0 Å². The molecule has 1 aromatic heterocycles. The van der Waals surface area contributed by atoms with Crippen LogP contribution in [0.25, 0.3) is 10.9 Å². The average molecular weight is 401 g/mol. The van der Waals surface area contributed by atoms with Crippen LogP contribution in [0.2, 0.25) is 0 Å². The third-order valence-corrected chi connectivity index (χ3v) is 4.85. The van der Waals surface area contributed by atoms with Gasteiger partial charge in [-0.05, 0) is 24.3 Å². The summed E-state index contributed by atoms with van der Waals surface area (Å²) in [6.45, 7) is 4.18. The molecule has 3 N–H and O–H groups in total. The summed E-state index contributed by atoms with van der Waals surface area (Å²) in [6, 6.07) is 7.11. The van der Waals surface area contributed by atoms with E-state index in [1.54, 1.807) is 24.4 Å². The molecule has 4 rings (SSSR count). The van der Waals surface area contributed by atoms with Gasteiger partial charge in [-0.1, -0.05) is 0 Å². The molecule has 0 unspecified atom stereocenters. The van der Waals surface area contributed by atoms with Gasteiger partial charge in [0, 0.05) is 43.3 Å². The van der Waals surface area contributed by atoms with Crippen molar-refractivity contribution in [1.29, 1.82) is 0 Å². The highest BCUT2D eigenvalue weighted by molar-refractivity contribution is 6.05. The lowest BCUT2D eigenvalue weighted by Gasteiger charge is -2.26. The molecule has 152 valence electrons. The van der Waals surface area contributed by atoms with Crippen LogP contribution in [0.5, 0.6) is 0 Å². The number of hydrogen-bond donors (Lipinski definition) is 3. The van der Waals surface area contributed by atoms with Crippen molar-refractivity contribution in [3.8, 4) is 0 Å². The lowest BCUT2D eigenvalue weighted by Crippen LogP contribution is -2.39. The third-order valence-electron chi connectivity index (χ3n) is 4.85. The van der Waals surface area contributed by atoms with Crippen LogP contribution in [-0.4, -0.2) is 60.4 Å². The van der Waals surface area contributed by atoms with Crippen molar-refractivity contribution in [2.45, 2.75) is 0 Å². The number of benzene rings is 2. The topological polar surface area (TPSA) is 82.3 Å². The minimum absolute atomic E-state index is 0.0915. The quantitative estimate of drug-likeness (QED) is 0.592. The number of morpholine rings is 1. The molecular formula is C20H21F2N5O2. The Kier molecular flexibility index (Phi) is 5.68. The van der Waals surface area contributed by atoms with E-state index in [1.165, 1.54) is 6.07 Å². The first kappa shape index (κ1) is 19.3. The van der Waals surface area contributed by atoms with Gasteiger partial charge in [0.2, 0.25) is 0 Å². The Morgan fingerprint density at radius 3 is 2.83 bits per heavy atom. The summed E-state index contributed by atoms with van der Waals surface area (Å²) < 4.78 is 33.7. The van der Waals surface area contributed by atoms with E-state index in [0.29, 0.717) is 32.0 Å². The van der Waals surface area contributed by atoms with Crippen molar-refractivity contribution in [2.75, 3.05) is 50.0 Å². The molecule has 2 aromatic carbocycles. The van der Waals surface area contributed by atoms with Crippen molar-refractivity contribution >= 4 is 28.2 Å². The van der Waals surface area contributed by atoms with Crippen LogP contribution in [0.1, 0.15) is 10.4 Å². The van der Waals surface area contributed by atoms with E-state index in [4.69, 9.17) is 4.74 Å². The first-order valence-electron chi connectivity index (χ1n) is 9.37. The van der Waals surface area contributed by atoms with Crippen LogP contribution in [0.4, 0.5) is 20.2 Å². The number of nitrogens with one attached hydrogen (secondary N) is 3. The second-order valence-corrected chi connectivity index (χ2v) is 6.82. The monoisotopic (exact) mass is 401 g/mol. The Morgan fingerprint density at radius 2 is 2.00 bits per heavy atom. The molecule has 0 saturated carbocycles. The van der Waals surface area contributed by atoms with E-state index in [9.17, 15) is 13.6 Å². The lowest BCUT2D eigenvalue weighted by atomic mass is 10.1. The molecule has 0 radical (unpaired) electrons. The van der Waals surface area contributed by atoms with Gasteiger partial charge in [0.25, 0.3) is 5.91 Å². The Labute approximate surface area is 166 Å². The highest BCUT2D eigenvalue weighted by Gasteiger charge is 2.17. The molecule has 0 spiro atoms. The predicted octanol–water partition coefficient (Wildman–Crippen LogP) is 2.84. The number of aromatic nitrogens is 2. The van der Waals surface area contributed by atoms with Gasteiger partial charge in [-0.2, -0.15) is 5.10 Å². The number of fused-ring (bicyclic) bond motifs is 1. The molecule has 1 saturated heterocycles. The summed E-state index contributed by atoms with van der Waals surface area (Å²) in [5.74, 6) is -2.31. The van der Waals surface area contributed by atoms with Gasteiger partial charge in [-0.25, -0.2) is 8.78 Å². The SMILES string of the molecule is O=C(Nc1ccc2cn[nH]c2c1)c1cc(NCCN2CCOCC2)c(F)cc1F. The molecule has 29 heavy (non-hydrogen) atoms. The Morgan fingerprint density at radius 1 is 1.17 bits per heavy atom. The maximum Gasteiger partial charge on any atom is 0.258 e. The zero-order chi connectivity index (χ0) is 20.2. The maximum atomic E-state index is 14.2. The third kappa shape index (κ3) is 4.52. The summed E-state index contributed by atoms with van der Waals surface area (Å²) >= 11 is 0. The van der Waals surface area contributed by atoms with Crippen LogP contribution >= 0.6 is 0 Å². The number of carbonyl (C=O) groups is 1. The summed E-state index contributed by atoms with van der Waals surface area (Å²) in [5.41, 5.74) is 1.09. The molecule has 0 bridgehead atoms. The van der Waals surface area contributed by atoms with E-state index in [0.717, 1.165) is 30.1 Å². The second-order valence-electron chi connectivity index (χ2n) is 6.82. The van der Waals surface area contributed by atoms with Gasteiger partial charge in [-0.3, -0.25) is 14.8 Å². The fourth-order valence-corrected chi connectivity index (χ4v) is 3.25. The van der Waals surface area contributed by atoms with Crippen molar-refractivity contribution in [2.24, 2.45) is 0 Å². The smallest absolute Gasteiger partial charge is 0.258 e. The summed E-state index contributed by atoms with van der Waals surface area (Å²) in [6.07, 6.45) is 1.66. The summed E-state index contributed by atoms with van der Waals surface area (Å²) in [5, 5.41) is 13.2. The normalized spacial score (nSPS) is 14.8. The Balaban J connectivity index is 1.44. The van der Waals surface area contributed by atoms with Crippen molar-refractivity contribution in [3.05, 3.63) is 53.7 Å². The molecule has 9 heteroatoms. The van der Waals surface area contributed by atoms with E-state index >= 15 is 0 Å². The average Bonchev–Trinajstić information content (AvgIpc) is 3.18. The standard InChI is InChI=1S/C20H21F2N5O2/c21-16-11-17(22)19(23-3-4-27-5-7-29-8-6-27)10-15(16)20(28)25-14-2-1-13-12-24-26-18(13)9-14/h1-2,9-12,23H,3-8H2,(H,24,26)(H,25,28). The van der Waals surface area contributed by atoms with Gasteiger partial charge in [0.15, 0.2) is 0 Å². The van der Waals surface area contributed by atoms with Gasteiger partial charge in [0.1, 0.15) is 11.6 Å². The minimum Gasteiger partial charge on any atom is -0.381 e. The van der Waals surface area contributed by atoms with Crippen LogP contribution in [0, 0.1) is 11.6 Å². The number of aromatic amines is 1. The predicted molar refractivity (Wildman–Crippen MR) is 106 cm³/mol. The molecule has 1 aliphatic heterocycles. The van der Waals surface area contributed by atoms with Crippen molar-refractivity contribution in [3.63, 3.8) is 0 Å². The number of carbonyl (C=O) groups excluding carboxylic acids is 1. The minimum atomic E-state index is -0.915. The molecule has 0 aliphatic carbocycles. The highest BCUT2D eigenvalue weighted by Crippen LogP contribution is 2.22. The number of H-pyrrole nitrogens is 1. The number of halogens is 2. The molecule has 3 aromatic rings. The summed E-state index contributed by atoms with van der Waals surface area (Å²) in [7, 11) is 0. The van der Waals surface area contributed by atoms with Gasteiger partial charge < -0.3 is 15.4 Å². The van der Waals surface area contributed by atoms with E-state index < -0.39 is 17.5 Å². The summed E-state index contributed by atoms with van der Waals surface area (Å²) in [4.78, 5) is 14.7. The second kappa shape index (κ2) is 8.54. The first-order valence-corrected chi connectivity index (χ1v) is 9.37. The van der Waals surface area contributed by atoms with E-state index in [1.807, 2.05) is 0 Å². The highest BCUT2D eigenvalue weighted by atomic mass is 19.1. The molecule has 1 fully saturated rings. The van der Waals surface area contributed by atoms with Crippen LogP contribution in [0.15, 0.2) is 36.5 Å². The fraction of sp³-hybridized carbons (Fsp3) is 0.300. The number of nitrogens with zero attached hydrogens (tertiary/aromatic N) is 2. The molecule has 2 heterocycles. The van der Waals surface area contributed by atoms with E-state index in [2.05, 4.69) is 25.7 Å². The molecule has 7 nitrogen and oxygen atoms in total. The fourth-order valence-electron chi connectivity index (χ4n) is 3.25. The van der Waals surface area contributed by atoms with Crippen LogP contribution < -0.4 is 10.6 Å². The zero-order valence-electron chi connectivity index (χ0n) is 15.7. The molecule has 0 atom stereocenters. The first-order chi connectivity index (χ1) is 14.1. The molecule has 1 amide bonds. The van der Waals surface area contributed by atoms with Gasteiger partial charge in [0.05, 0.1) is 36.2 Å². The number of anilines is 2. The van der Waals surface area contributed by atoms with Gasteiger partial charge >= 0.3 is 0 Å². The number of ether oxygens (including phenoxy) is 1. The lowest BCUT2D eigenvalue weighted by molar-refractivity contribution is 0.0398. The molecule has 1 aliphatic rings. The van der Waals surface area contributed by atoms with Crippen LogP contribution in [-0.2, 0) is 4.74 Å². The van der Waals surface area contributed by atoms with Gasteiger partial charge in [-0.15, -0.1) is 0 Å². The Hall–Kier alpha value is -3.04. The van der Waals surface area contributed by atoms with Crippen molar-refractivity contribution < 1.29 is 18.3 Å². The van der Waals surface area contributed by atoms with E-state index in [-0.39, 0.29) is 11.3 Å². The number of amides is 1. The number of rotatable bonds is 6. The molecular weight excluding hydrogens is 380 g/mol. The largest absolute Gasteiger partial charge is 0.381 e. The number of hydrogen-bond acceptors (Lipinski definition) is 5.